The summed E-state index contributed by atoms with van der Waals surface area (Å²) in [5.41, 5.74) is 1.27. The van der Waals surface area contributed by atoms with Crippen LogP contribution >= 0.6 is 0 Å². The third-order valence-corrected chi connectivity index (χ3v) is 3.79. The number of methoxy groups -OCH3 is 2. The summed E-state index contributed by atoms with van der Waals surface area (Å²) in [6.07, 6.45) is 3.26. The van der Waals surface area contributed by atoms with Crippen LogP contribution in [0.5, 0.6) is 0 Å². The number of nitriles is 1. The number of hydrogen-bond acceptors (Lipinski definition) is 5. The van der Waals surface area contributed by atoms with Crippen LogP contribution in [0, 0.1) is 11.3 Å². The maximum Gasteiger partial charge on any atom is 0.328 e. The molecule has 1 heterocycles. The zero-order valence-electron chi connectivity index (χ0n) is 13.1. The van der Waals surface area contributed by atoms with Gasteiger partial charge in [0.15, 0.2) is 0 Å². The number of esters is 1. The Morgan fingerprint density at radius 2 is 2.17 bits per heavy atom. The molecule has 120 valence electrons. The molecule has 1 amide bonds. The van der Waals surface area contributed by atoms with Crippen LogP contribution in [0.3, 0.4) is 0 Å². The molecular formula is C17H18N2O4. The monoisotopic (exact) mass is 314 g/mol. The van der Waals surface area contributed by atoms with Gasteiger partial charge < -0.3 is 14.4 Å². The molecule has 0 radical (unpaired) electrons. The maximum atomic E-state index is 12.4. The summed E-state index contributed by atoms with van der Waals surface area (Å²) in [5.74, 6) is -0.736. The first-order valence-corrected chi connectivity index (χ1v) is 7.18. The van der Waals surface area contributed by atoms with Gasteiger partial charge in [0.1, 0.15) is 6.04 Å². The van der Waals surface area contributed by atoms with E-state index in [1.54, 1.807) is 37.5 Å². The lowest BCUT2D eigenvalue weighted by molar-refractivity contribution is -0.149. The first-order valence-electron chi connectivity index (χ1n) is 7.18. The van der Waals surface area contributed by atoms with E-state index in [0.29, 0.717) is 18.5 Å². The average molecular weight is 314 g/mol. The van der Waals surface area contributed by atoms with Crippen LogP contribution < -0.4 is 0 Å². The van der Waals surface area contributed by atoms with Crippen LogP contribution in [0.4, 0.5) is 0 Å². The van der Waals surface area contributed by atoms with Gasteiger partial charge in [0.2, 0.25) is 5.91 Å². The molecule has 0 spiro atoms. The van der Waals surface area contributed by atoms with E-state index in [9.17, 15) is 9.59 Å². The highest BCUT2D eigenvalue weighted by Crippen LogP contribution is 2.21. The van der Waals surface area contributed by atoms with E-state index in [1.807, 2.05) is 6.07 Å². The summed E-state index contributed by atoms with van der Waals surface area (Å²) in [7, 11) is 2.85. The lowest BCUT2D eigenvalue weighted by Gasteiger charge is -2.20. The average Bonchev–Trinajstić information content (AvgIpc) is 3.03. The van der Waals surface area contributed by atoms with Crippen LogP contribution in [-0.4, -0.2) is 49.7 Å². The van der Waals surface area contributed by atoms with Gasteiger partial charge in [0, 0.05) is 26.2 Å². The van der Waals surface area contributed by atoms with Crippen molar-refractivity contribution in [3.63, 3.8) is 0 Å². The van der Waals surface area contributed by atoms with E-state index in [-0.39, 0.29) is 12.0 Å². The topological polar surface area (TPSA) is 79.6 Å². The lowest BCUT2D eigenvalue weighted by Crippen LogP contribution is -2.40. The third-order valence-electron chi connectivity index (χ3n) is 3.79. The first-order chi connectivity index (χ1) is 11.1. The minimum absolute atomic E-state index is 0.182. The smallest absolute Gasteiger partial charge is 0.328 e. The first kappa shape index (κ1) is 16.7. The Morgan fingerprint density at radius 1 is 1.39 bits per heavy atom. The van der Waals surface area contributed by atoms with Crippen molar-refractivity contribution in [2.24, 2.45) is 0 Å². The summed E-state index contributed by atoms with van der Waals surface area (Å²) in [4.78, 5) is 25.6. The van der Waals surface area contributed by atoms with E-state index in [2.05, 4.69) is 0 Å². The number of hydrogen-bond donors (Lipinski definition) is 0. The molecule has 0 bridgehead atoms. The molecule has 2 rings (SSSR count). The van der Waals surface area contributed by atoms with Crippen molar-refractivity contribution in [1.29, 1.82) is 5.26 Å². The zero-order valence-corrected chi connectivity index (χ0v) is 13.1. The predicted octanol–water partition coefficient (Wildman–Crippen LogP) is 1.36. The Balaban J connectivity index is 2.13. The molecule has 1 fully saturated rings. The van der Waals surface area contributed by atoms with Gasteiger partial charge in [0.05, 0.1) is 24.8 Å². The molecule has 1 aliphatic heterocycles. The SMILES string of the molecule is COC(=O)C1CC(OC)CN1C(=O)/C=C/c1cccc(C#N)c1. The van der Waals surface area contributed by atoms with Crippen molar-refractivity contribution in [3.05, 3.63) is 41.5 Å². The highest BCUT2D eigenvalue weighted by molar-refractivity contribution is 5.95. The molecule has 6 heteroatoms. The van der Waals surface area contributed by atoms with Crippen molar-refractivity contribution in [2.45, 2.75) is 18.6 Å². The fourth-order valence-corrected chi connectivity index (χ4v) is 2.55. The van der Waals surface area contributed by atoms with Gasteiger partial charge in [-0.3, -0.25) is 4.79 Å². The molecule has 2 atom stereocenters. The highest BCUT2D eigenvalue weighted by Gasteiger charge is 2.39. The normalized spacial score (nSPS) is 20.5. The zero-order chi connectivity index (χ0) is 16.8. The number of benzene rings is 1. The van der Waals surface area contributed by atoms with Crippen molar-refractivity contribution in [2.75, 3.05) is 20.8 Å². The molecule has 23 heavy (non-hydrogen) atoms. The van der Waals surface area contributed by atoms with E-state index in [1.165, 1.54) is 18.1 Å². The van der Waals surface area contributed by atoms with Crippen molar-refractivity contribution in [1.82, 2.24) is 4.90 Å². The second-order valence-electron chi connectivity index (χ2n) is 5.19. The van der Waals surface area contributed by atoms with Gasteiger partial charge in [-0.25, -0.2) is 4.79 Å². The maximum absolute atomic E-state index is 12.4. The fraction of sp³-hybridized carbons (Fsp3) is 0.353. The molecular weight excluding hydrogens is 296 g/mol. The summed E-state index contributed by atoms with van der Waals surface area (Å²) < 4.78 is 10.00. The van der Waals surface area contributed by atoms with Gasteiger partial charge in [-0.15, -0.1) is 0 Å². The lowest BCUT2D eigenvalue weighted by atomic mass is 10.1. The quantitative estimate of drug-likeness (QED) is 0.619. The van der Waals surface area contributed by atoms with E-state index < -0.39 is 12.0 Å². The summed E-state index contributed by atoms with van der Waals surface area (Å²) in [6, 6.07) is 8.33. The van der Waals surface area contributed by atoms with Crippen LogP contribution in [0.1, 0.15) is 17.5 Å². The van der Waals surface area contributed by atoms with Gasteiger partial charge in [-0.2, -0.15) is 5.26 Å². The van der Waals surface area contributed by atoms with Crippen LogP contribution in [-0.2, 0) is 19.1 Å². The molecule has 1 aromatic carbocycles. The van der Waals surface area contributed by atoms with Gasteiger partial charge in [-0.05, 0) is 23.8 Å². The second kappa shape index (κ2) is 7.56. The summed E-state index contributed by atoms with van der Waals surface area (Å²) in [5, 5.41) is 8.88. The number of carbonyl (C=O) groups is 2. The van der Waals surface area contributed by atoms with E-state index in [4.69, 9.17) is 14.7 Å². The molecule has 1 aliphatic rings. The third kappa shape index (κ3) is 3.96. The number of likely N-dealkylation sites (tertiary alicyclic amines) is 1. The van der Waals surface area contributed by atoms with E-state index >= 15 is 0 Å². The predicted molar refractivity (Wildman–Crippen MR) is 83.1 cm³/mol. The Morgan fingerprint density at radius 3 is 2.83 bits per heavy atom. The van der Waals surface area contributed by atoms with E-state index in [0.717, 1.165) is 5.56 Å². The molecule has 0 aromatic heterocycles. The molecule has 1 aromatic rings. The number of ether oxygens (including phenoxy) is 2. The Kier molecular flexibility index (Phi) is 5.50. The Labute approximate surface area is 134 Å². The van der Waals surface area contributed by atoms with Gasteiger partial charge in [-0.1, -0.05) is 12.1 Å². The van der Waals surface area contributed by atoms with Crippen molar-refractivity contribution in [3.8, 4) is 6.07 Å². The molecule has 0 aliphatic carbocycles. The number of amides is 1. The minimum atomic E-state index is -0.632. The Hall–Kier alpha value is -2.65. The molecule has 2 unspecified atom stereocenters. The number of carbonyl (C=O) groups excluding carboxylic acids is 2. The standard InChI is InChI=1S/C17H18N2O4/c1-22-14-9-15(17(21)23-2)19(11-14)16(20)7-6-12-4-3-5-13(8-12)10-18/h3-8,14-15H,9,11H2,1-2H3/b7-6+. The highest BCUT2D eigenvalue weighted by atomic mass is 16.5. The molecule has 1 saturated heterocycles. The molecule has 6 nitrogen and oxygen atoms in total. The second-order valence-corrected chi connectivity index (χ2v) is 5.19. The summed E-state index contributed by atoms with van der Waals surface area (Å²) >= 11 is 0. The van der Waals surface area contributed by atoms with Crippen LogP contribution in [0.2, 0.25) is 0 Å². The molecule has 0 saturated carbocycles. The fourth-order valence-electron chi connectivity index (χ4n) is 2.55. The summed E-state index contributed by atoms with van der Waals surface area (Å²) in [6.45, 7) is 0.345. The van der Waals surface area contributed by atoms with Crippen LogP contribution in [0.25, 0.3) is 6.08 Å². The number of nitrogens with zero attached hydrogens (tertiary/aromatic N) is 2. The van der Waals surface area contributed by atoms with Gasteiger partial charge >= 0.3 is 5.97 Å². The minimum Gasteiger partial charge on any atom is -0.467 e. The largest absolute Gasteiger partial charge is 0.467 e. The van der Waals surface area contributed by atoms with Crippen molar-refractivity contribution >= 4 is 18.0 Å². The number of rotatable bonds is 4. The van der Waals surface area contributed by atoms with Crippen molar-refractivity contribution < 1.29 is 19.1 Å². The molecule has 0 N–H and O–H groups in total. The van der Waals surface area contributed by atoms with Crippen LogP contribution in [0.15, 0.2) is 30.3 Å². The Bertz CT molecular complexity index is 663. The van der Waals surface area contributed by atoms with Gasteiger partial charge in [0.25, 0.3) is 0 Å².